The molecule has 0 bridgehead atoms. The van der Waals surface area contributed by atoms with Crippen LogP contribution in [-0.4, -0.2) is 24.5 Å². The van der Waals surface area contributed by atoms with Gasteiger partial charge in [0.2, 0.25) is 0 Å². The second kappa shape index (κ2) is 6.31. The number of aryl methyl sites for hydroxylation is 1. The summed E-state index contributed by atoms with van der Waals surface area (Å²) < 4.78 is 16.1. The van der Waals surface area contributed by atoms with Gasteiger partial charge in [-0.2, -0.15) is 0 Å². The van der Waals surface area contributed by atoms with Crippen molar-refractivity contribution in [3.05, 3.63) is 65.8 Å². The number of halogens is 2. The van der Waals surface area contributed by atoms with Crippen molar-refractivity contribution in [3.8, 4) is 11.4 Å². The van der Waals surface area contributed by atoms with E-state index in [-0.39, 0.29) is 5.69 Å². The number of H-pyrrole nitrogens is 1. The average Bonchev–Trinajstić information content (AvgIpc) is 3.27. The number of nitrogens with one attached hydrogen (secondary N) is 2. The van der Waals surface area contributed by atoms with Crippen molar-refractivity contribution in [1.82, 2.24) is 24.5 Å². The molecule has 0 fully saturated rings. The minimum absolute atomic E-state index is 0.243. The predicted molar refractivity (Wildman–Crippen MR) is 108 cm³/mol. The zero-order chi connectivity index (χ0) is 19.3. The Hall–Kier alpha value is -3.45. The minimum atomic E-state index is -0.419. The molecule has 28 heavy (non-hydrogen) atoms. The average molecular weight is 393 g/mol. The van der Waals surface area contributed by atoms with Crippen molar-refractivity contribution in [2.45, 2.75) is 0 Å². The summed E-state index contributed by atoms with van der Waals surface area (Å²) in [5, 5.41) is 4.22. The van der Waals surface area contributed by atoms with Crippen LogP contribution in [0.25, 0.3) is 33.5 Å². The number of para-hydroxylation sites is 2. The van der Waals surface area contributed by atoms with Crippen LogP contribution in [0.3, 0.4) is 0 Å². The van der Waals surface area contributed by atoms with Crippen LogP contribution in [0.1, 0.15) is 0 Å². The van der Waals surface area contributed by atoms with Gasteiger partial charge in [-0.15, -0.1) is 0 Å². The second-order valence-corrected chi connectivity index (χ2v) is 6.86. The number of imidazole rings is 1. The first-order chi connectivity index (χ1) is 13.6. The fraction of sp³-hybridized carbons (Fsp3) is 0.0500. The Kier molecular flexibility index (Phi) is 3.77. The molecule has 2 aromatic carbocycles. The normalized spacial score (nSPS) is 11.4. The maximum absolute atomic E-state index is 14.2. The number of fused-ring (bicyclic) bond motifs is 2. The molecule has 0 atom stereocenters. The van der Waals surface area contributed by atoms with Crippen LogP contribution in [0, 0.1) is 5.82 Å². The lowest BCUT2D eigenvalue weighted by Crippen LogP contribution is -1.99. The molecule has 6 nitrogen and oxygen atoms in total. The lowest BCUT2D eigenvalue weighted by atomic mass is 10.2. The van der Waals surface area contributed by atoms with E-state index in [1.807, 2.05) is 42.1 Å². The highest BCUT2D eigenvalue weighted by atomic mass is 35.5. The Labute approximate surface area is 164 Å². The first kappa shape index (κ1) is 16.7. The van der Waals surface area contributed by atoms with Crippen molar-refractivity contribution >= 4 is 45.2 Å². The SMILES string of the molecule is Cn1cc(-c2nc3ccccc3[nH]2)c2c(Nc3cc(Cl)ccc3F)ncnc21. The Morgan fingerprint density at radius 1 is 1.14 bits per heavy atom. The van der Waals surface area contributed by atoms with Crippen molar-refractivity contribution < 1.29 is 4.39 Å². The largest absolute Gasteiger partial charge is 0.338 e. The van der Waals surface area contributed by atoms with Crippen LogP contribution in [-0.2, 0) is 7.05 Å². The molecule has 5 rings (SSSR count). The first-order valence-electron chi connectivity index (χ1n) is 8.57. The molecule has 0 aliphatic heterocycles. The molecule has 0 saturated carbocycles. The number of anilines is 2. The standard InChI is InChI=1S/C20H14ClFN6/c1-28-9-12(18-25-14-4-2-3-5-15(14)26-18)17-19(23-10-24-20(17)28)27-16-8-11(21)6-7-13(16)22/h2-10H,1H3,(H,25,26)(H,23,24,27). The molecule has 0 spiro atoms. The van der Waals surface area contributed by atoms with Gasteiger partial charge in [0.1, 0.15) is 29.4 Å². The first-order valence-corrected chi connectivity index (χ1v) is 8.95. The van der Waals surface area contributed by atoms with E-state index >= 15 is 0 Å². The quantitative estimate of drug-likeness (QED) is 0.451. The van der Waals surface area contributed by atoms with Gasteiger partial charge in [-0.05, 0) is 30.3 Å². The number of nitrogens with zero attached hydrogens (tertiary/aromatic N) is 4. The summed E-state index contributed by atoms with van der Waals surface area (Å²) in [7, 11) is 1.89. The summed E-state index contributed by atoms with van der Waals surface area (Å²) in [4.78, 5) is 16.7. The van der Waals surface area contributed by atoms with E-state index in [1.165, 1.54) is 24.5 Å². The highest BCUT2D eigenvalue weighted by molar-refractivity contribution is 6.30. The summed E-state index contributed by atoms with van der Waals surface area (Å²) in [6.45, 7) is 0. The zero-order valence-corrected chi connectivity index (χ0v) is 15.5. The van der Waals surface area contributed by atoms with E-state index in [4.69, 9.17) is 11.6 Å². The molecule has 2 N–H and O–H groups in total. The number of benzene rings is 2. The third-order valence-corrected chi connectivity index (χ3v) is 4.81. The van der Waals surface area contributed by atoms with Crippen molar-refractivity contribution in [2.75, 3.05) is 5.32 Å². The maximum atomic E-state index is 14.2. The highest BCUT2D eigenvalue weighted by Gasteiger charge is 2.18. The van der Waals surface area contributed by atoms with Crippen LogP contribution in [0.4, 0.5) is 15.9 Å². The van der Waals surface area contributed by atoms with E-state index in [9.17, 15) is 4.39 Å². The van der Waals surface area contributed by atoms with Gasteiger partial charge in [0.15, 0.2) is 0 Å². The van der Waals surface area contributed by atoms with Crippen LogP contribution in [0.5, 0.6) is 0 Å². The lowest BCUT2D eigenvalue weighted by Gasteiger charge is -2.09. The lowest BCUT2D eigenvalue weighted by molar-refractivity contribution is 0.632. The molecule has 0 radical (unpaired) electrons. The second-order valence-electron chi connectivity index (χ2n) is 6.43. The van der Waals surface area contributed by atoms with E-state index in [0.29, 0.717) is 22.3 Å². The fourth-order valence-electron chi connectivity index (χ4n) is 3.29. The number of aromatic nitrogens is 5. The molecule has 5 aromatic rings. The number of rotatable bonds is 3. The summed E-state index contributed by atoms with van der Waals surface area (Å²) >= 11 is 6.02. The zero-order valence-electron chi connectivity index (χ0n) is 14.7. The summed E-state index contributed by atoms with van der Waals surface area (Å²) in [5.41, 5.74) is 3.56. The topological polar surface area (TPSA) is 71.4 Å². The van der Waals surface area contributed by atoms with Gasteiger partial charge in [-0.3, -0.25) is 0 Å². The van der Waals surface area contributed by atoms with Gasteiger partial charge in [0, 0.05) is 23.8 Å². The predicted octanol–water partition coefficient (Wildman–Crippen LogP) is 5.05. The smallest absolute Gasteiger partial charge is 0.146 e. The number of hydrogen-bond donors (Lipinski definition) is 2. The van der Waals surface area contributed by atoms with Crippen molar-refractivity contribution in [2.24, 2.45) is 7.05 Å². The Balaban J connectivity index is 1.71. The van der Waals surface area contributed by atoms with Gasteiger partial charge in [-0.25, -0.2) is 19.3 Å². The van der Waals surface area contributed by atoms with Gasteiger partial charge in [0.25, 0.3) is 0 Å². The summed E-state index contributed by atoms with van der Waals surface area (Å²) in [6.07, 6.45) is 3.37. The van der Waals surface area contributed by atoms with Crippen molar-refractivity contribution in [3.63, 3.8) is 0 Å². The molecule has 0 saturated heterocycles. The van der Waals surface area contributed by atoms with E-state index in [1.54, 1.807) is 0 Å². The minimum Gasteiger partial charge on any atom is -0.338 e. The van der Waals surface area contributed by atoms with E-state index in [2.05, 4.69) is 25.3 Å². The van der Waals surface area contributed by atoms with Crippen LogP contribution < -0.4 is 5.32 Å². The van der Waals surface area contributed by atoms with E-state index in [0.717, 1.165) is 22.0 Å². The van der Waals surface area contributed by atoms with Gasteiger partial charge >= 0.3 is 0 Å². The third-order valence-electron chi connectivity index (χ3n) is 4.58. The van der Waals surface area contributed by atoms with Gasteiger partial charge in [0.05, 0.1) is 22.1 Å². The number of aromatic amines is 1. The molecule has 0 aliphatic carbocycles. The molecule has 3 aromatic heterocycles. The molecule has 138 valence electrons. The van der Waals surface area contributed by atoms with E-state index < -0.39 is 5.82 Å². The van der Waals surface area contributed by atoms with Crippen LogP contribution in [0.15, 0.2) is 55.0 Å². The van der Waals surface area contributed by atoms with Crippen molar-refractivity contribution in [1.29, 1.82) is 0 Å². The van der Waals surface area contributed by atoms with Gasteiger partial charge in [-0.1, -0.05) is 23.7 Å². The molecule has 0 aliphatic rings. The molecular weight excluding hydrogens is 379 g/mol. The highest BCUT2D eigenvalue weighted by Crippen LogP contribution is 2.34. The summed E-state index contributed by atoms with van der Waals surface area (Å²) in [5.74, 6) is 0.746. The molecule has 0 unspecified atom stereocenters. The third kappa shape index (κ3) is 2.68. The fourth-order valence-corrected chi connectivity index (χ4v) is 3.46. The molecular formula is C20H14ClFN6. The molecule has 0 amide bonds. The Bertz CT molecular complexity index is 1310. The summed E-state index contributed by atoms with van der Waals surface area (Å²) in [6, 6.07) is 12.1. The van der Waals surface area contributed by atoms with Gasteiger partial charge < -0.3 is 14.9 Å². The van der Waals surface area contributed by atoms with Crippen LogP contribution >= 0.6 is 11.6 Å². The monoisotopic (exact) mass is 392 g/mol. The maximum Gasteiger partial charge on any atom is 0.146 e. The number of hydrogen-bond acceptors (Lipinski definition) is 4. The Morgan fingerprint density at radius 3 is 2.86 bits per heavy atom. The molecule has 3 heterocycles. The Morgan fingerprint density at radius 2 is 2.00 bits per heavy atom. The molecule has 8 heteroatoms. The van der Waals surface area contributed by atoms with Crippen LogP contribution in [0.2, 0.25) is 5.02 Å².